The molecule has 4 atom stereocenters. The molecule has 2 fully saturated rings. The number of fused-ring (bicyclic) bond motifs is 1. The molecule has 4 heteroatoms. The number of hydrogen-bond acceptors (Lipinski definition) is 4. The Kier molecular flexibility index (Phi) is 6.86. The second-order valence-electron chi connectivity index (χ2n) is 11.8. The third-order valence-electron chi connectivity index (χ3n) is 8.51. The molecule has 0 aromatic heterocycles. The third-order valence-corrected chi connectivity index (χ3v) is 8.51. The van der Waals surface area contributed by atoms with Crippen LogP contribution in [0, 0.1) is 17.3 Å². The monoisotopic (exact) mass is 515 g/mol. The molecule has 1 aliphatic carbocycles. The van der Waals surface area contributed by atoms with Gasteiger partial charge in [-0.1, -0.05) is 80.6 Å². The summed E-state index contributed by atoms with van der Waals surface area (Å²) < 4.78 is 0. The maximum atomic E-state index is 12.5. The Morgan fingerprint density at radius 2 is 1.31 bits per heavy atom. The Morgan fingerprint density at radius 1 is 0.718 bits per heavy atom. The molecule has 0 spiro atoms. The van der Waals surface area contributed by atoms with Crippen molar-refractivity contribution in [3.63, 3.8) is 0 Å². The van der Waals surface area contributed by atoms with Gasteiger partial charge in [-0.25, -0.2) is 0 Å². The van der Waals surface area contributed by atoms with Gasteiger partial charge in [0.25, 0.3) is 0 Å². The Hall–Kier alpha value is -4.05. The van der Waals surface area contributed by atoms with Gasteiger partial charge in [-0.3, -0.25) is 0 Å². The van der Waals surface area contributed by atoms with Crippen LogP contribution in [0.3, 0.4) is 0 Å². The van der Waals surface area contributed by atoms with E-state index in [1.54, 1.807) is 0 Å². The number of nitrogens with zero attached hydrogens (tertiary/aromatic N) is 2. The molecule has 4 aromatic rings. The van der Waals surface area contributed by atoms with Crippen molar-refractivity contribution in [3.05, 3.63) is 121 Å². The van der Waals surface area contributed by atoms with Crippen molar-refractivity contribution in [3.8, 4) is 0 Å². The number of anilines is 4. The highest BCUT2D eigenvalue weighted by atomic mass is 16.1. The van der Waals surface area contributed by atoms with Crippen molar-refractivity contribution in [1.82, 2.24) is 0 Å². The van der Waals surface area contributed by atoms with E-state index in [0.29, 0.717) is 0 Å². The van der Waals surface area contributed by atoms with Crippen LogP contribution in [0.4, 0.5) is 22.7 Å². The summed E-state index contributed by atoms with van der Waals surface area (Å²) in [7, 11) is 0. The zero-order valence-electron chi connectivity index (χ0n) is 22.8. The summed E-state index contributed by atoms with van der Waals surface area (Å²) in [5.74, 6) is 0.279. The number of benzene rings is 4. The fourth-order valence-electron chi connectivity index (χ4n) is 6.81. The molecular formula is C35H37N3O. The lowest BCUT2D eigenvalue weighted by Crippen LogP contribution is -2.62. The highest BCUT2D eigenvalue weighted by Gasteiger charge is 2.50. The Labute approximate surface area is 232 Å². The first-order chi connectivity index (χ1) is 19.0. The summed E-state index contributed by atoms with van der Waals surface area (Å²) in [6.45, 7) is 5.51. The van der Waals surface area contributed by atoms with Crippen molar-refractivity contribution in [2.24, 2.45) is 17.3 Å². The summed E-state index contributed by atoms with van der Waals surface area (Å²) in [4.78, 5) is 17.6. The van der Waals surface area contributed by atoms with Crippen molar-refractivity contribution in [1.29, 1.82) is 0 Å². The minimum Gasteiger partial charge on any atom is -0.356 e. The lowest BCUT2D eigenvalue weighted by molar-refractivity contribution is -0.115. The highest BCUT2D eigenvalue weighted by Crippen LogP contribution is 2.51. The topological polar surface area (TPSA) is 35.6 Å². The quantitative estimate of drug-likeness (QED) is 0.263. The van der Waals surface area contributed by atoms with Gasteiger partial charge in [-0.05, 0) is 72.4 Å². The summed E-state index contributed by atoms with van der Waals surface area (Å²) >= 11 is 0. The lowest BCUT2D eigenvalue weighted by Gasteiger charge is -2.59. The average molecular weight is 516 g/mol. The molecule has 1 aliphatic heterocycles. The molecule has 0 radical (unpaired) electrons. The van der Waals surface area contributed by atoms with Gasteiger partial charge in [0.1, 0.15) is 12.5 Å². The van der Waals surface area contributed by atoms with Gasteiger partial charge in [-0.2, -0.15) is 0 Å². The highest BCUT2D eigenvalue weighted by molar-refractivity contribution is 5.66. The molecule has 4 aromatic carbocycles. The van der Waals surface area contributed by atoms with Crippen molar-refractivity contribution >= 4 is 29.0 Å². The van der Waals surface area contributed by atoms with E-state index >= 15 is 0 Å². The molecular weight excluding hydrogens is 478 g/mol. The second-order valence-corrected chi connectivity index (χ2v) is 11.8. The maximum absolute atomic E-state index is 12.5. The summed E-state index contributed by atoms with van der Waals surface area (Å²) in [6.07, 6.45) is 3.24. The Balaban J connectivity index is 1.46. The zero-order valence-corrected chi connectivity index (χ0v) is 22.8. The van der Waals surface area contributed by atoms with Gasteiger partial charge in [0, 0.05) is 47.2 Å². The molecule has 0 amide bonds. The summed E-state index contributed by atoms with van der Waals surface area (Å²) in [6, 6.07) is 40.9. The fourth-order valence-corrected chi connectivity index (χ4v) is 6.81. The number of hydrogen-bond donors (Lipinski definition) is 1. The molecule has 1 saturated carbocycles. The van der Waals surface area contributed by atoms with Gasteiger partial charge < -0.3 is 19.9 Å². The fraction of sp³-hybridized carbons (Fsp3) is 0.286. The SMILES string of the molecule is CC1(C)CC(C=O)C2CN(c3ccccc3)C(c3ccccc3)N(c3ccc(Nc4ccccc4)cc3)C2C1. The summed E-state index contributed by atoms with van der Waals surface area (Å²) in [5, 5.41) is 3.52. The zero-order chi connectivity index (χ0) is 26.8. The molecule has 6 rings (SSSR count). The molecule has 1 heterocycles. The number of para-hydroxylation sites is 2. The molecule has 4 unspecified atom stereocenters. The molecule has 0 bridgehead atoms. The van der Waals surface area contributed by atoms with Gasteiger partial charge in [0.15, 0.2) is 0 Å². The van der Waals surface area contributed by atoms with Gasteiger partial charge in [-0.15, -0.1) is 0 Å². The normalized spacial score (nSPS) is 24.1. The van der Waals surface area contributed by atoms with Gasteiger partial charge >= 0.3 is 0 Å². The number of nitrogens with one attached hydrogen (secondary N) is 1. The predicted molar refractivity (Wildman–Crippen MR) is 161 cm³/mol. The van der Waals surface area contributed by atoms with Crippen LogP contribution in [0.5, 0.6) is 0 Å². The first kappa shape index (κ1) is 25.2. The standard InChI is InChI=1S/C35H37N3O/c1-35(2)22-27(25-39)32-24-37(30-16-10-5-11-17-30)34(26-12-6-3-7-13-26)38(33(32)23-35)31-20-18-29(19-21-31)36-28-14-8-4-9-15-28/h3-21,25,27,32-34,36H,22-24H2,1-2H3. The lowest BCUT2D eigenvalue weighted by atomic mass is 9.63. The molecule has 4 nitrogen and oxygen atoms in total. The van der Waals surface area contributed by atoms with Crippen LogP contribution in [0.25, 0.3) is 0 Å². The van der Waals surface area contributed by atoms with Gasteiger partial charge in [0.05, 0.1) is 0 Å². The van der Waals surface area contributed by atoms with Crippen LogP contribution in [0.2, 0.25) is 0 Å². The number of rotatable bonds is 6. The van der Waals surface area contributed by atoms with Crippen molar-refractivity contribution in [2.45, 2.75) is 38.9 Å². The van der Waals surface area contributed by atoms with Crippen LogP contribution in [-0.4, -0.2) is 18.9 Å². The van der Waals surface area contributed by atoms with E-state index in [9.17, 15) is 4.79 Å². The largest absolute Gasteiger partial charge is 0.356 e. The number of carbonyl (C=O) groups is 1. The Bertz CT molecular complexity index is 1370. The van der Waals surface area contributed by atoms with E-state index in [1.807, 2.05) is 18.2 Å². The van der Waals surface area contributed by atoms with E-state index in [4.69, 9.17) is 0 Å². The van der Waals surface area contributed by atoms with Gasteiger partial charge in [0.2, 0.25) is 0 Å². The van der Waals surface area contributed by atoms with Crippen LogP contribution >= 0.6 is 0 Å². The van der Waals surface area contributed by atoms with Crippen molar-refractivity contribution < 1.29 is 4.79 Å². The molecule has 2 aliphatic rings. The van der Waals surface area contributed by atoms with Crippen LogP contribution < -0.4 is 15.1 Å². The van der Waals surface area contributed by atoms with E-state index < -0.39 is 0 Å². The first-order valence-electron chi connectivity index (χ1n) is 14.0. The summed E-state index contributed by atoms with van der Waals surface area (Å²) in [5.41, 5.74) is 5.85. The van der Waals surface area contributed by atoms with E-state index in [0.717, 1.165) is 30.8 Å². The second kappa shape index (κ2) is 10.6. The molecule has 198 valence electrons. The minimum atomic E-state index is 0.0176. The third kappa shape index (κ3) is 5.16. The van der Waals surface area contributed by atoms with E-state index in [-0.39, 0.29) is 29.5 Å². The van der Waals surface area contributed by atoms with E-state index in [1.165, 1.54) is 23.2 Å². The molecule has 1 saturated heterocycles. The van der Waals surface area contributed by atoms with Crippen LogP contribution in [0.1, 0.15) is 38.4 Å². The first-order valence-corrected chi connectivity index (χ1v) is 14.0. The van der Waals surface area contributed by atoms with Crippen molar-refractivity contribution in [2.75, 3.05) is 21.7 Å². The smallest absolute Gasteiger partial charge is 0.128 e. The average Bonchev–Trinajstić information content (AvgIpc) is 2.97. The minimum absolute atomic E-state index is 0.0176. The maximum Gasteiger partial charge on any atom is 0.128 e. The predicted octanol–water partition coefficient (Wildman–Crippen LogP) is 8.08. The number of carbonyl (C=O) groups excluding carboxylic acids is 1. The van der Waals surface area contributed by atoms with E-state index in [2.05, 4.69) is 126 Å². The van der Waals surface area contributed by atoms with Crippen LogP contribution in [0.15, 0.2) is 115 Å². The molecule has 1 N–H and O–H groups in total. The number of aldehydes is 1. The Morgan fingerprint density at radius 3 is 1.95 bits per heavy atom. The van der Waals surface area contributed by atoms with Crippen LogP contribution in [-0.2, 0) is 4.79 Å². The molecule has 39 heavy (non-hydrogen) atoms.